The fourth-order valence-electron chi connectivity index (χ4n) is 0.0781. The molecule has 0 saturated heterocycles. The lowest BCUT2D eigenvalue weighted by molar-refractivity contribution is -0.148. The summed E-state index contributed by atoms with van der Waals surface area (Å²) in [6, 6.07) is 0. The van der Waals surface area contributed by atoms with Crippen LogP contribution in [0.15, 0.2) is 0 Å². The van der Waals surface area contributed by atoms with E-state index in [-0.39, 0.29) is 5.78 Å². The first-order chi connectivity index (χ1) is 4.91. The summed E-state index contributed by atoms with van der Waals surface area (Å²) in [7, 11) is 0. The predicted octanol–water partition coefficient (Wildman–Crippen LogP) is -0.980. The quantitative estimate of drug-likeness (QED) is 0.487. The topological polar surface area (TPSA) is 94.8 Å². The van der Waals surface area contributed by atoms with Crippen molar-refractivity contribution in [3.8, 4) is 0 Å². The van der Waals surface area contributed by atoms with Gasteiger partial charge < -0.3 is 20.1 Å². The summed E-state index contributed by atoms with van der Waals surface area (Å²) in [5.41, 5.74) is 0. The van der Waals surface area contributed by atoms with Crippen molar-refractivity contribution >= 4 is 11.8 Å². The standard InChI is InChI=1S/C3H6O4.C3H6O/c4-1-2(5)3(6)7;1-3(2)4/h2,4-5H,1H2,(H,6,7);1-2H3. The molecule has 0 aliphatic rings. The van der Waals surface area contributed by atoms with Crippen molar-refractivity contribution in [2.45, 2.75) is 20.0 Å². The summed E-state index contributed by atoms with van der Waals surface area (Å²) in [6.45, 7) is 2.33. The van der Waals surface area contributed by atoms with Crippen molar-refractivity contribution in [1.29, 1.82) is 0 Å². The minimum absolute atomic E-state index is 0.167. The highest BCUT2D eigenvalue weighted by Crippen LogP contribution is 1.75. The molecule has 0 rings (SSSR count). The molecule has 1 atom stereocenters. The number of rotatable bonds is 2. The molecule has 0 aromatic rings. The molecule has 0 saturated carbocycles. The third-order valence-corrected chi connectivity index (χ3v) is 0.458. The maximum atomic E-state index is 9.52. The molecule has 0 aliphatic carbocycles. The Morgan fingerprint density at radius 2 is 1.64 bits per heavy atom. The van der Waals surface area contributed by atoms with Gasteiger partial charge in [0.05, 0.1) is 6.61 Å². The Morgan fingerprint density at radius 1 is 1.36 bits per heavy atom. The molecule has 0 amide bonds. The van der Waals surface area contributed by atoms with Crippen molar-refractivity contribution in [2.24, 2.45) is 0 Å². The summed E-state index contributed by atoms with van der Waals surface area (Å²) in [5, 5.41) is 23.7. The number of carboxylic acids is 1. The number of aliphatic hydroxyl groups is 2. The van der Waals surface area contributed by atoms with E-state index in [9.17, 15) is 9.59 Å². The maximum Gasteiger partial charge on any atom is 0.334 e. The van der Waals surface area contributed by atoms with Gasteiger partial charge in [0.2, 0.25) is 0 Å². The summed E-state index contributed by atoms with van der Waals surface area (Å²) >= 11 is 0. The van der Waals surface area contributed by atoms with Gasteiger partial charge in [-0.3, -0.25) is 0 Å². The minimum Gasteiger partial charge on any atom is -0.479 e. The molecule has 0 aromatic carbocycles. The SMILES string of the molecule is CC(C)=O.O=C(O)C(O)CO. The van der Waals surface area contributed by atoms with Crippen LogP contribution >= 0.6 is 0 Å². The number of ketones is 1. The van der Waals surface area contributed by atoms with Crippen LogP contribution in [-0.4, -0.2) is 39.8 Å². The molecule has 0 heterocycles. The zero-order valence-electron chi connectivity index (χ0n) is 6.44. The Labute approximate surface area is 64.3 Å². The number of carbonyl (C=O) groups excluding carboxylic acids is 1. The van der Waals surface area contributed by atoms with Crippen LogP contribution < -0.4 is 0 Å². The predicted molar refractivity (Wildman–Crippen MR) is 37.1 cm³/mol. The largest absolute Gasteiger partial charge is 0.479 e. The van der Waals surface area contributed by atoms with Crippen LogP contribution in [0.5, 0.6) is 0 Å². The normalized spacial score (nSPS) is 10.9. The van der Waals surface area contributed by atoms with Gasteiger partial charge >= 0.3 is 5.97 Å². The molecule has 0 aromatic heterocycles. The first-order valence-corrected chi connectivity index (χ1v) is 2.90. The molecular formula is C6H12O5. The molecule has 0 spiro atoms. The van der Waals surface area contributed by atoms with Crippen LogP contribution in [0.3, 0.4) is 0 Å². The number of aliphatic hydroxyl groups excluding tert-OH is 2. The van der Waals surface area contributed by atoms with E-state index >= 15 is 0 Å². The first kappa shape index (κ1) is 12.7. The number of carboxylic acid groups (broad SMARTS) is 1. The van der Waals surface area contributed by atoms with Crippen molar-refractivity contribution in [1.82, 2.24) is 0 Å². The van der Waals surface area contributed by atoms with E-state index in [1.54, 1.807) is 0 Å². The summed E-state index contributed by atoms with van der Waals surface area (Å²) in [5.74, 6) is -1.23. The highest BCUT2D eigenvalue weighted by atomic mass is 16.4. The Morgan fingerprint density at radius 3 is 1.64 bits per heavy atom. The van der Waals surface area contributed by atoms with Gasteiger partial charge in [0.1, 0.15) is 5.78 Å². The van der Waals surface area contributed by atoms with E-state index in [4.69, 9.17) is 15.3 Å². The van der Waals surface area contributed by atoms with Gasteiger partial charge in [-0.1, -0.05) is 0 Å². The van der Waals surface area contributed by atoms with Crippen LogP contribution in [0, 0.1) is 0 Å². The van der Waals surface area contributed by atoms with Gasteiger partial charge in [-0.2, -0.15) is 0 Å². The van der Waals surface area contributed by atoms with E-state index in [1.807, 2.05) is 0 Å². The summed E-state index contributed by atoms with van der Waals surface area (Å²) in [4.78, 5) is 19.0. The van der Waals surface area contributed by atoms with Crippen LogP contribution in [0.25, 0.3) is 0 Å². The Kier molecular flexibility index (Phi) is 8.29. The summed E-state index contributed by atoms with van der Waals surface area (Å²) in [6.07, 6.45) is -1.63. The molecule has 0 aliphatic heterocycles. The molecule has 1 unspecified atom stereocenters. The fourth-order valence-corrected chi connectivity index (χ4v) is 0.0781. The van der Waals surface area contributed by atoms with E-state index < -0.39 is 18.7 Å². The minimum atomic E-state index is -1.63. The average Bonchev–Trinajstić information content (AvgIpc) is 1.85. The average molecular weight is 164 g/mol. The van der Waals surface area contributed by atoms with Crippen LogP contribution in [-0.2, 0) is 9.59 Å². The lowest BCUT2D eigenvalue weighted by atomic mass is 10.4. The van der Waals surface area contributed by atoms with Crippen molar-refractivity contribution in [2.75, 3.05) is 6.61 Å². The zero-order chi connectivity index (χ0) is 9.44. The molecule has 0 bridgehead atoms. The van der Waals surface area contributed by atoms with E-state index in [0.717, 1.165) is 0 Å². The Hall–Kier alpha value is -0.940. The molecule has 11 heavy (non-hydrogen) atoms. The van der Waals surface area contributed by atoms with Gasteiger partial charge in [0, 0.05) is 0 Å². The second kappa shape index (κ2) is 7.17. The number of Topliss-reactive ketones (excluding diaryl/α,β-unsaturated/α-hetero) is 1. The Balaban J connectivity index is 0. The third-order valence-electron chi connectivity index (χ3n) is 0.458. The number of hydrogen-bond acceptors (Lipinski definition) is 4. The monoisotopic (exact) mass is 164 g/mol. The number of carbonyl (C=O) groups is 2. The highest BCUT2D eigenvalue weighted by Gasteiger charge is 2.08. The smallest absolute Gasteiger partial charge is 0.334 e. The maximum absolute atomic E-state index is 9.52. The van der Waals surface area contributed by atoms with E-state index in [1.165, 1.54) is 13.8 Å². The van der Waals surface area contributed by atoms with Crippen molar-refractivity contribution in [3.63, 3.8) is 0 Å². The van der Waals surface area contributed by atoms with Gasteiger partial charge in [-0.05, 0) is 13.8 Å². The fraction of sp³-hybridized carbons (Fsp3) is 0.667. The van der Waals surface area contributed by atoms with Crippen molar-refractivity contribution < 1.29 is 24.9 Å². The lowest BCUT2D eigenvalue weighted by Crippen LogP contribution is -2.22. The molecule has 66 valence electrons. The highest BCUT2D eigenvalue weighted by molar-refractivity contribution is 5.72. The lowest BCUT2D eigenvalue weighted by Gasteiger charge is -1.95. The first-order valence-electron chi connectivity index (χ1n) is 2.90. The molecule has 0 fully saturated rings. The third kappa shape index (κ3) is 17.6. The Bertz CT molecular complexity index is 127. The van der Waals surface area contributed by atoms with Crippen LogP contribution in [0.2, 0.25) is 0 Å². The second-order valence-corrected chi connectivity index (χ2v) is 1.94. The van der Waals surface area contributed by atoms with E-state index in [0.29, 0.717) is 0 Å². The number of hydrogen-bond donors (Lipinski definition) is 3. The number of aliphatic carboxylic acids is 1. The van der Waals surface area contributed by atoms with Gasteiger partial charge in [-0.25, -0.2) is 4.79 Å². The second-order valence-electron chi connectivity index (χ2n) is 1.94. The summed E-state index contributed by atoms with van der Waals surface area (Å²) < 4.78 is 0. The van der Waals surface area contributed by atoms with Gasteiger partial charge in [0.15, 0.2) is 6.10 Å². The van der Waals surface area contributed by atoms with Crippen LogP contribution in [0.1, 0.15) is 13.8 Å². The zero-order valence-corrected chi connectivity index (χ0v) is 6.44. The van der Waals surface area contributed by atoms with Gasteiger partial charge in [0.25, 0.3) is 0 Å². The molecule has 5 nitrogen and oxygen atoms in total. The van der Waals surface area contributed by atoms with Crippen LogP contribution in [0.4, 0.5) is 0 Å². The van der Waals surface area contributed by atoms with E-state index in [2.05, 4.69) is 0 Å². The molecule has 5 heteroatoms. The molecule has 0 radical (unpaired) electrons. The van der Waals surface area contributed by atoms with Gasteiger partial charge in [-0.15, -0.1) is 0 Å². The molecular weight excluding hydrogens is 152 g/mol. The van der Waals surface area contributed by atoms with Crippen molar-refractivity contribution in [3.05, 3.63) is 0 Å². The molecule has 3 N–H and O–H groups in total.